The lowest BCUT2D eigenvalue weighted by atomic mass is 9.95. The molecule has 1 atom stereocenters. The van der Waals surface area contributed by atoms with E-state index >= 15 is 0 Å². The maximum absolute atomic E-state index is 13.8. The molecule has 19 heavy (non-hydrogen) atoms. The first kappa shape index (κ1) is 14.1. The average Bonchev–Trinajstić information content (AvgIpc) is 2.26. The van der Waals surface area contributed by atoms with Crippen LogP contribution in [0.1, 0.15) is 27.1 Å². The molecule has 0 spiro atoms. The third-order valence-electron chi connectivity index (χ3n) is 3.09. The minimum absolute atomic E-state index is 0.168. The monoisotopic (exact) mass is 328 g/mol. The van der Waals surface area contributed by atoms with Gasteiger partial charge in [0.25, 0.3) is 0 Å². The number of alkyl halides is 1. The van der Waals surface area contributed by atoms with Crippen LogP contribution in [0, 0.1) is 31.3 Å². The van der Waals surface area contributed by atoms with Gasteiger partial charge in [-0.25, -0.2) is 13.2 Å². The van der Waals surface area contributed by atoms with E-state index in [9.17, 15) is 13.2 Å². The van der Waals surface area contributed by atoms with E-state index in [0.717, 1.165) is 16.7 Å². The van der Waals surface area contributed by atoms with Gasteiger partial charge in [0.2, 0.25) is 0 Å². The summed E-state index contributed by atoms with van der Waals surface area (Å²) in [6, 6.07) is 7.01. The second kappa shape index (κ2) is 5.37. The van der Waals surface area contributed by atoms with E-state index in [-0.39, 0.29) is 5.56 Å². The normalized spacial score (nSPS) is 12.5. The fourth-order valence-corrected chi connectivity index (χ4v) is 3.33. The average molecular weight is 329 g/mol. The van der Waals surface area contributed by atoms with Crippen molar-refractivity contribution in [2.75, 3.05) is 0 Å². The summed E-state index contributed by atoms with van der Waals surface area (Å²) in [5.74, 6) is -2.69. The lowest BCUT2D eigenvalue weighted by molar-refractivity contribution is 0.527. The SMILES string of the molecule is Cc1cccc(C)c1C(Br)c1c(F)cc(F)cc1F. The van der Waals surface area contributed by atoms with Crippen molar-refractivity contribution >= 4 is 15.9 Å². The molecule has 0 aliphatic heterocycles. The van der Waals surface area contributed by atoms with Gasteiger partial charge in [0.05, 0.1) is 4.83 Å². The summed E-state index contributed by atoms with van der Waals surface area (Å²) in [6.07, 6.45) is 0. The highest BCUT2D eigenvalue weighted by Crippen LogP contribution is 2.37. The molecule has 0 aliphatic rings. The summed E-state index contributed by atoms with van der Waals surface area (Å²) in [6.45, 7) is 3.74. The molecule has 2 aromatic carbocycles. The first-order valence-electron chi connectivity index (χ1n) is 5.76. The van der Waals surface area contributed by atoms with Gasteiger partial charge in [-0.15, -0.1) is 0 Å². The Morgan fingerprint density at radius 2 is 1.37 bits per heavy atom. The van der Waals surface area contributed by atoms with Crippen molar-refractivity contribution in [1.29, 1.82) is 0 Å². The van der Waals surface area contributed by atoms with Gasteiger partial charge in [-0.3, -0.25) is 0 Å². The van der Waals surface area contributed by atoms with Gasteiger partial charge >= 0.3 is 0 Å². The number of hydrogen-bond acceptors (Lipinski definition) is 0. The van der Waals surface area contributed by atoms with E-state index in [1.165, 1.54) is 0 Å². The van der Waals surface area contributed by atoms with Gasteiger partial charge in [0, 0.05) is 17.7 Å². The van der Waals surface area contributed by atoms with Gasteiger partial charge in [0.15, 0.2) is 0 Å². The summed E-state index contributed by atoms with van der Waals surface area (Å²) in [7, 11) is 0. The van der Waals surface area contributed by atoms with Gasteiger partial charge < -0.3 is 0 Å². The summed E-state index contributed by atoms with van der Waals surface area (Å²) in [5, 5.41) is 0. The maximum atomic E-state index is 13.8. The fourth-order valence-electron chi connectivity index (χ4n) is 2.17. The van der Waals surface area contributed by atoms with Crippen LogP contribution in [-0.2, 0) is 0 Å². The van der Waals surface area contributed by atoms with Gasteiger partial charge in [-0.05, 0) is 30.5 Å². The minimum Gasteiger partial charge on any atom is -0.207 e. The third kappa shape index (κ3) is 2.68. The van der Waals surface area contributed by atoms with Crippen LogP contribution in [0.5, 0.6) is 0 Å². The molecule has 2 rings (SSSR count). The van der Waals surface area contributed by atoms with Crippen molar-refractivity contribution in [3.63, 3.8) is 0 Å². The molecule has 4 heteroatoms. The summed E-state index contributed by atoms with van der Waals surface area (Å²) in [4.78, 5) is -0.644. The second-order valence-corrected chi connectivity index (χ2v) is 5.37. The summed E-state index contributed by atoms with van der Waals surface area (Å²) >= 11 is 3.32. The Kier molecular flexibility index (Phi) is 3.99. The third-order valence-corrected chi connectivity index (χ3v) is 4.01. The van der Waals surface area contributed by atoms with E-state index in [1.807, 2.05) is 32.0 Å². The van der Waals surface area contributed by atoms with Crippen molar-refractivity contribution in [3.05, 3.63) is 70.0 Å². The van der Waals surface area contributed by atoms with Crippen molar-refractivity contribution < 1.29 is 13.2 Å². The van der Waals surface area contributed by atoms with Crippen LogP contribution in [-0.4, -0.2) is 0 Å². The van der Waals surface area contributed by atoms with Crippen LogP contribution < -0.4 is 0 Å². The van der Waals surface area contributed by atoms with Crippen molar-refractivity contribution in [3.8, 4) is 0 Å². The van der Waals surface area contributed by atoms with E-state index in [2.05, 4.69) is 15.9 Å². The van der Waals surface area contributed by atoms with Crippen LogP contribution >= 0.6 is 15.9 Å². The van der Waals surface area contributed by atoms with Crippen molar-refractivity contribution in [1.82, 2.24) is 0 Å². The molecule has 0 radical (unpaired) electrons. The Balaban J connectivity index is 2.60. The Bertz CT molecular complexity index is 580. The van der Waals surface area contributed by atoms with Crippen molar-refractivity contribution in [2.45, 2.75) is 18.7 Å². The molecule has 2 aromatic rings. The molecule has 0 fully saturated rings. The number of halogens is 4. The zero-order chi connectivity index (χ0) is 14.2. The number of benzene rings is 2. The number of aryl methyl sites for hydroxylation is 2. The minimum atomic E-state index is -0.917. The van der Waals surface area contributed by atoms with E-state index in [1.54, 1.807) is 0 Å². The molecule has 0 N–H and O–H groups in total. The van der Waals surface area contributed by atoms with Gasteiger partial charge in [0.1, 0.15) is 17.5 Å². The Morgan fingerprint density at radius 1 is 0.895 bits per heavy atom. The van der Waals surface area contributed by atoms with Crippen LogP contribution in [0.25, 0.3) is 0 Å². The molecule has 0 aromatic heterocycles. The summed E-state index contributed by atoms with van der Waals surface area (Å²) in [5.41, 5.74) is 2.47. The highest BCUT2D eigenvalue weighted by Gasteiger charge is 2.23. The van der Waals surface area contributed by atoms with Gasteiger partial charge in [-0.2, -0.15) is 0 Å². The molecular formula is C15H12BrF3. The van der Waals surface area contributed by atoms with Crippen molar-refractivity contribution in [2.24, 2.45) is 0 Å². The summed E-state index contributed by atoms with van der Waals surface area (Å²) < 4.78 is 40.5. The van der Waals surface area contributed by atoms with E-state index in [4.69, 9.17) is 0 Å². The molecule has 0 aliphatic carbocycles. The Labute approximate surface area is 118 Å². The molecule has 0 saturated carbocycles. The number of rotatable bonds is 2. The predicted octanol–water partition coefficient (Wildman–Crippen LogP) is 5.21. The molecule has 0 bridgehead atoms. The lowest BCUT2D eigenvalue weighted by Gasteiger charge is -2.17. The Hall–Kier alpha value is -1.29. The molecule has 0 amide bonds. The lowest BCUT2D eigenvalue weighted by Crippen LogP contribution is -2.05. The zero-order valence-corrected chi connectivity index (χ0v) is 12.1. The Morgan fingerprint density at radius 3 is 1.84 bits per heavy atom. The van der Waals surface area contributed by atoms with Crippen LogP contribution in [0.3, 0.4) is 0 Å². The second-order valence-electron chi connectivity index (χ2n) is 4.45. The highest BCUT2D eigenvalue weighted by molar-refractivity contribution is 9.09. The zero-order valence-electron chi connectivity index (χ0n) is 10.5. The molecule has 0 heterocycles. The molecule has 0 nitrogen and oxygen atoms in total. The fraction of sp³-hybridized carbons (Fsp3) is 0.200. The molecule has 0 saturated heterocycles. The topological polar surface area (TPSA) is 0 Å². The number of hydrogen-bond donors (Lipinski definition) is 0. The standard InChI is InChI=1S/C15H12BrF3/c1-8-4-3-5-9(2)13(8)15(16)14-11(18)6-10(17)7-12(14)19/h3-7,15H,1-2H3. The van der Waals surface area contributed by atoms with Crippen LogP contribution in [0.4, 0.5) is 13.2 Å². The van der Waals surface area contributed by atoms with Crippen LogP contribution in [0.2, 0.25) is 0 Å². The first-order chi connectivity index (χ1) is 8.91. The molecule has 1 unspecified atom stereocenters. The van der Waals surface area contributed by atoms with Gasteiger partial charge in [-0.1, -0.05) is 34.1 Å². The largest absolute Gasteiger partial charge is 0.207 e. The smallest absolute Gasteiger partial charge is 0.133 e. The first-order valence-corrected chi connectivity index (χ1v) is 6.68. The molecular weight excluding hydrogens is 317 g/mol. The van der Waals surface area contributed by atoms with E-state index in [0.29, 0.717) is 12.1 Å². The van der Waals surface area contributed by atoms with Crippen LogP contribution in [0.15, 0.2) is 30.3 Å². The molecule has 100 valence electrons. The maximum Gasteiger partial charge on any atom is 0.133 e. The highest BCUT2D eigenvalue weighted by atomic mass is 79.9. The quantitative estimate of drug-likeness (QED) is 0.664. The predicted molar refractivity (Wildman–Crippen MR) is 73.0 cm³/mol. The van der Waals surface area contributed by atoms with E-state index < -0.39 is 22.3 Å².